The zero-order valence-corrected chi connectivity index (χ0v) is 13.6. The lowest BCUT2D eigenvalue weighted by Crippen LogP contribution is -2.24. The molecule has 19 heavy (non-hydrogen) atoms. The highest BCUT2D eigenvalue weighted by Crippen LogP contribution is 2.02. The van der Waals surface area contributed by atoms with Crippen molar-refractivity contribution in [3.8, 4) is 0 Å². The second kappa shape index (κ2) is 12.9. The minimum absolute atomic E-state index is 0.147. The van der Waals surface area contributed by atoms with Crippen molar-refractivity contribution in [2.45, 2.75) is 72.5 Å². The Morgan fingerprint density at radius 1 is 0.789 bits per heavy atom. The van der Waals surface area contributed by atoms with Crippen molar-refractivity contribution in [2.75, 3.05) is 26.4 Å². The maximum absolute atomic E-state index is 5.72. The SMILES string of the molecule is CCCCCOC(C)COC(C)COCCC(C)C. The zero-order chi connectivity index (χ0) is 14.5. The van der Waals surface area contributed by atoms with E-state index >= 15 is 0 Å². The van der Waals surface area contributed by atoms with Gasteiger partial charge in [-0.1, -0.05) is 33.6 Å². The highest BCUT2D eigenvalue weighted by Gasteiger charge is 2.07. The molecule has 0 aromatic heterocycles. The van der Waals surface area contributed by atoms with E-state index in [-0.39, 0.29) is 12.2 Å². The number of rotatable bonds is 13. The summed E-state index contributed by atoms with van der Waals surface area (Å²) < 4.78 is 17.0. The lowest BCUT2D eigenvalue weighted by atomic mass is 10.1. The molecule has 116 valence electrons. The number of unbranched alkanes of at least 4 members (excludes halogenated alkanes) is 2. The molecule has 0 aromatic carbocycles. The molecule has 0 spiro atoms. The molecule has 0 aliphatic carbocycles. The van der Waals surface area contributed by atoms with Crippen LogP contribution in [0.15, 0.2) is 0 Å². The Hall–Kier alpha value is -0.120. The van der Waals surface area contributed by atoms with Gasteiger partial charge in [0.25, 0.3) is 0 Å². The lowest BCUT2D eigenvalue weighted by molar-refractivity contribution is -0.0581. The van der Waals surface area contributed by atoms with Gasteiger partial charge in [-0.3, -0.25) is 0 Å². The summed E-state index contributed by atoms with van der Waals surface area (Å²) in [5.74, 6) is 0.702. The predicted octanol–water partition coefficient (Wildman–Crippen LogP) is 4.05. The van der Waals surface area contributed by atoms with Crippen LogP contribution >= 0.6 is 0 Å². The summed E-state index contributed by atoms with van der Waals surface area (Å²) in [7, 11) is 0. The van der Waals surface area contributed by atoms with Gasteiger partial charge in [0.05, 0.1) is 25.4 Å². The minimum atomic E-state index is 0.147. The first kappa shape index (κ1) is 18.9. The summed E-state index contributed by atoms with van der Waals surface area (Å²) >= 11 is 0. The van der Waals surface area contributed by atoms with Gasteiger partial charge in [0.2, 0.25) is 0 Å². The standard InChI is InChI=1S/C16H34O3/c1-6-7-8-10-18-16(5)13-19-15(4)12-17-11-9-14(2)3/h14-16H,6-13H2,1-5H3. The molecule has 0 rings (SSSR count). The molecule has 0 aliphatic heterocycles. The Balaban J connectivity index is 3.37. The van der Waals surface area contributed by atoms with Crippen LogP contribution in [-0.4, -0.2) is 38.6 Å². The smallest absolute Gasteiger partial charge is 0.0781 e. The average molecular weight is 274 g/mol. The third-order valence-electron chi connectivity index (χ3n) is 2.96. The maximum atomic E-state index is 5.72. The summed E-state index contributed by atoms with van der Waals surface area (Å²) in [6, 6.07) is 0. The first-order chi connectivity index (χ1) is 9.06. The summed E-state index contributed by atoms with van der Waals surface area (Å²) in [5, 5.41) is 0. The second-order valence-electron chi connectivity index (χ2n) is 5.79. The largest absolute Gasteiger partial charge is 0.379 e. The normalized spacial score (nSPS) is 14.8. The molecule has 0 N–H and O–H groups in total. The molecule has 0 bridgehead atoms. The van der Waals surface area contributed by atoms with Crippen molar-refractivity contribution in [1.82, 2.24) is 0 Å². The predicted molar refractivity (Wildman–Crippen MR) is 80.6 cm³/mol. The molecule has 0 saturated heterocycles. The van der Waals surface area contributed by atoms with Crippen molar-refractivity contribution >= 4 is 0 Å². The van der Waals surface area contributed by atoms with Gasteiger partial charge < -0.3 is 14.2 Å². The third-order valence-corrected chi connectivity index (χ3v) is 2.96. The van der Waals surface area contributed by atoms with Crippen molar-refractivity contribution in [3.63, 3.8) is 0 Å². The highest BCUT2D eigenvalue weighted by atomic mass is 16.6. The summed E-state index contributed by atoms with van der Waals surface area (Å²) in [6.45, 7) is 13.7. The van der Waals surface area contributed by atoms with Crippen LogP contribution in [0.3, 0.4) is 0 Å². The van der Waals surface area contributed by atoms with Crippen LogP contribution in [0.2, 0.25) is 0 Å². The van der Waals surface area contributed by atoms with Gasteiger partial charge in [-0.2, -0.15) is 0 Å². The molecule has 3 heteroatoms. The number of hydrogen-bond acceptors (Lipinski definition) is 3. The van der Waals surface area contributed by atoms with E-state index in [2.05, 4.69) is 34.6 Å². The summed E-state index contributed by atoms with van der Waals surface area (Å²) in [4.78, 5) is 0. The molecule has 0 aromatic rings. The van der Waals surface area contributed by atoms with Gasteiger partial charge in [0.1, 0.15) is 0 Å². The van der Waals surface area contributed by atoms with E-state index in [1.165, 1.54) is 12.8 Å². The quantitative estimate of drug-likeness (QED) is 0.474. The van der Waals surface area contributed by atoms with Crippen LogP contribution < -0.4 is 0 Å². The Labute approximate surface area is 120 Å². The first-order valence-corrected chi connectivity index (χ1v) is 7.87. The second-order valence-corrected chi connectivity index (χ2v) is 5.79. The molecule has 0 saturated carbocycles. The molecule has 3 nitrogen and oxygen atoms in total. The van der Waals surface area contributed by atoms with Crippen molar-refractivity contribution < 1.29 is 14.2 Å². The van der Waals surface area contributed by atoms with E-state index in [4.69, 9.17) is 14.2 Å². The van der Waals surface area contributed by atoms with Crippen LogP contribution in [0.1, 0.15) is 60.3 Å². The number of hydrogen-bond donors (Lipinski definition) is 0. The molecule has 0 aliphatic rings. The van der Waals surface area contributed by atoms with Gasteiger partial charge in [0.15, 0.2) is 0 Å². The summed E-state index contributed by atoms with van der Waals surface area (Å²) in [5.41, 5.74) is 0. The molecule has 0 fully saturated rings. The van der Waals surface area contributed by atoms with E-state index in [1.54, 1.807) is 0 Å². The Morgan fingerprint density at radius 3 is 2.11 bits per heavy atom. The Bertz CT molecular complexity index is 183. The molecule has 2 atom stereocenters. The third kappa shape index (κ3) is 14.1. The van der Waals surface area contributed by atoms with Crippen LogP contribution in [-0.2, 0) is 14.2 Å². The van der Waals surface area contributed by atoms with E-state index in [1.807, 2.05) is 0 Å². The van der Waals surface area contributed by atoms with Gasteiger partial charge >= 0.3 is 0 Å². The average Bonchev–Trinajstić information content (AvgIpc) is 2.37. The van der Waals surface area contributed by atoms with Gasteiger partial charge in [0, 0.05) is 13.2 Å². The molecular formula is C16H34O3. The van der Waals surface area contributed by atoms with E-state index in [0.29, 0.717) is 19.1 Å². The van der Waals surface area contributed by atoms with Crippen molar-refractivity contribution in [2.24, 2.45) is 5.92 Å². The van der Waals surface area contributed by atoms with Crippen molar-refractivity contribution in [1.29, 1.82) is 0 Å². The van der Waals surface area contributed by atoms with E-state index < -0.39 is 0 Å². The highest BCUT2D eigenvalue weighted by molar-refractivity contribution is 4.53. The Kier molecular flexibility index (Phi) is 12.8. The molecule has 0 radical (unpaired) electrons. The fourth-order valence-corrected chi connectivity index (χ4v) is 1.60. The van der Waals surface area contributed by atoms with Gasteiger partial charge in [-0.15, -0.1) is 0 Å². The molecular weight excluding hydrogens is 240 g/mol. The van der Waals surface area contributed by atoms with Crippen LogP contribution in [0.5, 0.6) is 0 Å². The lowest BCUT2D eigenvalue weighted by Gasteiger charge is -2.18. The first-order valence-electron chi connectivity index (χ1n) is 7.87. The number of ether oxygens (including phenoxy) is 3. The fourth-order valence-electron chi connectivity index (χ4n) is 1.60. The van der Waals surface area contributed by atoms with E-state index in [0.717, 1.165) is 26.1 Å². The van der Waals surface area contributed by atoms with Crippen LogP contribution in [0.4, 0.5) is 0 Å². The Morgan fingerprint density at radius 2 is 1.47 bits per heavy atom. The minimum Gasteiger partial charge on any atom is -0.379 e. The summed E-state index contributed by atoms with van der Waals surface area (Å²) in [6.07, 6.45) is 5.06. The topological polar surface area (TPSA) is 27.7 Å². The van der Waals surface area contributed by atoms with Crippen molar-refractivity contribution in [3.05, 3.63) is 0 Å². The molecule has 0 amide bonds. The maximum Gasteiger partial charge on any atom is 0.0781 e. The molecule has 2 unspecified atom stereocenters. The fraction of sp³-hybridized carbons (Fsp3) is 1.00. The van der Waals surface area contributed by atoms with Gasteiger partial charge in [-0.05, 0) is 32.6 Å². The van der Waals surface area contributed by atoms with Crippen LogP contribution in [0, 0.1) is 5.92 Å². The monoisotopic (exact) mass is 274 g/mol. The molecule has 0 heterocycles. The van der Waals surface area contributed by atoms with E-state index in [9.17, 15) is 0 Å². The van der Waals surface area contributed by atoms with Gasteiger partial charge in [-0.25, -0.2) is 0 Å². The zero-order valence-electron chi connectivity index (χ0n) is 13.6. The van der Waals surface area contributed by atoms with Crippen LogP contribution in [0.25, 0.3) is 0 Å².